The lowest BCUT2D eigenvalue weighted by molar-refractivity contribution is -0.146. The van der Waals surface area contributed by atoms with Crippen molar-refractivity contribution in [3.05, 3.63) is 33.8 Å². The molecule has 2 N–H and O–H groups in total. The number of carbonyl (C=O) groups excluding carboxylic acids is 1. The smallest absolute Gasteiger partial charge is 0.252 e. The van der Waals surface area contributed by atoms with Crippen molar-refractivity contribution in [1.82, 2.24) is 10.6 Å². The van der Waals surface area contributed by atoms with E-state index in [-0.39, 0.29) is 23.7 Å². The predicted molar refractivity (Wildman–Crippen MR) is 102 cm³/mol. The molecule has 0 atom stereocenters. The lowest BCUT2D eigenvalue weighted by atomic mass is 9.84. The topological polar surface area (TPSA) is 50.4 Å². The van der Waals surface area contributed by atoms with Crippen LogP contribution in [0.5, 0.6) is 0 Å². The molecule has 1 aromatic carbocycles. The zero-order valence-corrected chi connectivity index (χ0v) is 16.6. The van der Waals surface area contributed by atoms with Crippen LogP contribution >= 0.6 is 35.6 Å². The van der Waals surface area contributed by atoms with Gasteiger partial charge in [0, 0.05) is 19.1 Å². The summed E-state index contributed by atoms with van der Waals surface area (Å²) < 4.78 is 5.56. The first-order chi connectivity index (χ1) is 10.8. The molecule has 4 nitrogen and oxygen atoms in total. The Bertz CT molecular complexity index is 573. The van der Waals surface area contributed by atoms with Crippen molar-refractivity contribution in [2.75, 3.05) is 26.7 Å². The second-order valence-corrected chi connectivity index (χ2v) is 7.46. The summed E-state index contributed by atoms with van der Waals surface area (Å²) in [7, 11) is 1.61. The zero-order valence-electron chi connectivity index (χ0n) is 14.2. The molecule has 0 aromatic heterocycles. The number of hydrogen-bond acceptors (Lipinski definition) is 3. The van der Waals surface area contributed by atoms with Gasteiger partial charge in [0.2, 0.25) is 0 Å². The highest BCUT2D eigenvalue weighted by molar-refractivity contribution is 6.42. The molecular weight excluding hydrogens is 371 g/mol. The van der Waals surface area contributed by atoms with Crippen LogP contribution in [0.4, 0.5) is 0 Å². The minimum absolute atomic E-state index is 0. The Hall–Kier alpha value is -0.520. The number of rotatable bonds is 5. The molecule has 2 rings (SSSR count). The second kappa shape index (κ2) is 8.72. The molecule has 1 aliphatic heterocycles. The molecule has 1 fully saturated rings. The first kappa shape index (κ1) is 21.5. The number of hydrogen-bond donors (Lipinski definition) is 2. The maximum Gasteiger partial charge on any atom is 0.252 e. The minimum atomic E-state index is -0.723. The fourth-order valence-electron chi connectivity index (χ4n) is 2.84. The first-order valence-corrected chi connectivity index (χ1v) is 8.56. The monoisotopic (exact) mass is 394 g/mol. The lowest BCUT2D eigenvalue weighted by Crippen LogP contribution is -2.55. The van der Waals surface area contributed by atoms with E-state index in [1.807, 2.05) is 12.1 Å². The summed E-state index contributed by atoms with van der Waals surface area (Å²) in [5, 5.41) is 7.35. The van der Waals surface area contributed by atoms with Crippen LogP contribution in [0.15, 0.2) is 18.2 Å². The van der Waals surface area contributed by atoms with Gasteiger partial charge in [0.15, 0.2) is 0 Å². The fourth-order valence-corrected chi connectivity index (χ4v) is 3.13. The van der Waals surface area contributed by atoms with Gasteiger partial charge in [-0.3, -0.25) is 4.79 Å². The van der Waals surface area contributed by atoms with E-state index in [1.54, 1.807) is 13.2 Å². The van der Waals surface area contributed by atoms with E-state index in [9.17, 15) is 4.79 Å². The third kappa shape index (κ3) is 4.77. The molecule has 1 saturated heterocycles. The van der Waals surface area contributed by atoms with Crippen LogP contribution < -0.4 is 10.6 Å². The lowest BCUT2D eigenvalue weighted by Gasteiger charge is -2.36. The molecule has 0 radical (unpaired) electrons. The zero-order chi connectivity index (χ0) is 17.1. The fraction of sp³-hybridized carbons (Fsp3) is 0.588. The molecule has 7 heteroatoms. The van der Waals surface area contributed by atoms with Crippen molar-refractivity contribution in [3.8, 4) is 0 Å². The van der Waals surface area contributed by atoms with E-state index in [2.05, 4.69) is 24.5 Å². The van der Waals surface area contributed by atoms with Crippen LogP contribution in [0.25, 0.3) is 0 Å². The molecule has 0 spiro atoms. The summed E-state index contributed by atoms with van der Waals surface area (Å²) in [5.74, 6) is -0.0466. The highest BCUT2D eigenvalue weighted by Gasteiger charge is 2.40. The summed E-state index contributed by atoms with van der Waals surface area (Å²) in [6.07, 6.45) is 1.37. The number of methoxy groups -OCH3 is 1. The van der Waals surface area contributed by atoms with Gasteiger partial charge in [-0.25, -0.2) is 0 Å². The van der Waals surface area contributed by atoms with Crippen LogP contribution in [0.1, 0.15) is 32.3 Å². The molecule has 0 saturated carbocycles. The summed E-state index contributed by atoms with van der Waals surface area (Å²) in [6.45, 7) is 6.21. The number of ether oxygens (including phenoxy) is 1. The van der Waals surface area contributed by atoms with Gasteiger partial charge >= 0.3 is 0 Å². The average molecular weight is 396 g/mol. The van der Waals surface area contributed by atoms with Crippen molar-refractivity contribution in [2.45, 2.75) is 37.7 Å². The van der Waals surface area contributed by atoms with E-state index in [4.69, 9.17) is 27.9 Å². The SMILES string of the molecule is COC1(C(=O)NCC(C)(C)c2ccc(Cl)c(Cl)c2)CCNCC1.Cl. The maximum atomic E-state index is 12.6. The van der Waals surface area contributed by atoms with Gasteiger partial charge in [0.1, 0.15) is 5.60 Å². The molecule has 1 aliphatic rings. The quantitative estimate of drug-likeness (QED) is 0.801. The number of nitrogens with one attached hydrogen (secondary N) is 2. The predicted octanol–water partition coefficient (Wildman–Crippen LogP) is 3.58. The normalized spacial score (nSPS) is 17.0. The largest absolute Gasteiger partial charge is 0.368 e. The van der Waals surface area contributed by atoms with Crippen LogP contribution in [0.3, 0.4) is 0 Å². The van der Waals surface area contributed by atoms with E-state index in [1.165, 1.54) is 0 Å². The number of amides is 1. The molecule has 24 heavy (non-hydrogen) atoms. The molecule has 1 heterocycles. The minimum Gasteiger partial charge on any atom is -0.368 e. The first-order valence-electron chi connectivity index (χ1n) is 7.80. The van der Waals surface area contributed by atoms with Crippen molar-refractivity contribution in [2.24, 2.45) is 0 Å². The van der Waals surface area contributed by atoms with Gasteiger partial charge in [-0.1, -0.05) is 43.1 Å². The highest BCUT2D eigenvalue weighted by Crippen LogP contribution is 2.30. The highest BCUT2D eigenvalue weighted by atomic mass is 35.5. The van der Waals surface area contributed by atoms with Gasteiger partial charge in [-0.15, -0.1) is 12.4 Å². The molecular formula is C17H25Cl3N2O2. The van der Waals surface area contributed by atoms with Crippen LogP contribution in [0.2, 0.25) is 10.0 Å². The Kier molecular flexibility index (Phi) is 7.82. The number of halogens is 3. The number of piperidine rings is 1. The Labute approximate surface area is 160 Å². The Balaban J connectivity index is 0.00000288. The van der Waals surface area contributed by atoms with Crippen molar-refractivity contribution in [1.29, 1.82) is 0 Å². The molecule has 136 valence electrons. The van der Waals surface area contributed by atoms with E-state index in [0.29, 0.717) is 29.4 Å². The standard InChI is InChI=1S/C17H24Cl2N2O2.ClH/c1-16(2,12-4-5-13(18)14(19)10-12)11-21-15(22)17(23-3)6-8-20-9-7-17;/h4-5,10,20H,6-9,11H2,1-3H3,(H,21,22);1H. The van der Waals surface area contributed by atoms with Crippen LogP contribution in [-0.4, -0.2) is 38.3 Å². The molecule has 0 unspecified atom stereocenters. The summed E-state index contributed by atoms with van der Waals surface area (Å²) in [6, 6.07) is 5.58. The van der Waals surface area contributed by atoms with Crippen LogP contribution in [0, 0.1) is 0 Å². The maximum absolute atomic E-state index is 12.6. The van der Waals surface area contributed by atoms with Crippen molar-refractivity contribution >= 4 is 41.5 Å². The molecule has 1 aromatic rings. The number of carbonyl (C=O) groups is 1. The second-order valence-electron chi connectivity index (χ2n) is 6.64. The molecule has 0 bridgehead atoms. The summed E-state index contributed by atoms with van der Waals surface area (Å²) in [4.78, 5) is 12.6. The van der Waals surface area contributed by atoms with Gasteiger partial charge in [0.25, 0.3) is 5.91 Å². The Morgan fingerprint density at radius 3 is 2.46 bits per heavy atom. The van der Waals surface area contributed by atoms with Gasteiger partial charge in [-0.05, 0) is 43.6 Å². The van der Waals surface area contributed by atoms with Gasteiger partial charge in [-0.2, -0.15) is 0 Å². The van der Waals surface area contributed by atoms with Crippen molar-refractivity contribution in [3.63, 3.8) is 0 Å². The Morgan fingerprint density at radius 2 is 1.92 bits per heavy atom. The molecule has 0 aliphatic carbocycles. The van der Waals surface area contributed by atoms with Gasteiger partial charge in [0.05, 0.1) is 10.0 Å². The number of benzene rings is 1. The third-order valence-corrected chi connectivity index (χ3v) is 5.35. The summed E-state index contributed by atoms with van der Waals surface area (Å²) in [5.41, 5.74) is 0.0500. The van der Waals surface area contributed by atoms with E-state index >= 15 is 0 Å². The third-order valence-electron chi connectivity index (χ3n) is 4.61. The van der Waals surface area contributed by atoms with Gasteiger partial charge < -0.3 is 15.4 Å². The average Bonchev–Trinajstić information content (AvgIpc) is 2.55. The summed E-state index contributed by atoms with van der Waals surface area (Å²) >= 11 is 12.1. The Morgan fingerprint density at radius 1 is 1.29 bits per heavy atom. The van der Waals surface area contributed by atoms with E-state index < -0.39 is 5.60 Å². The van der Waals surface area contributed by atoms with E-state index in [0.717, 1.165) is 18.7 Å². The van der Waals surface area contributed by atoms with Crippen LogP contribution in [-0.2, 0) is 14.9 Å². The van der Waals surface area contributed by atoms with Crippen molar-refractivity contribution < 1.29 is 9.53 Å². The molecule has 1 amide bonds.